The lowest BCUT2D eigenvalue weighted by Crippen LogP contribution is -2.14. The Bertz CT molecular complexity index is 655. The first-order chi connectivity index (χ1) is 9.22. The van der Waals surface area contributed by atoms with Crippen LogP contribution >= 0.6 is 0 Å². The van der Waals surface area contributed by atoms with E-state index in [-0.39, 0.29) is 11.9 Å². The van der Waals surface area contributed by atoms with Gasteiger partial charge in [0.05, 0.1) is 11.0 Å². The largest absolute Gasteiger partial charge is 0.342 e. The summed E-state index contributed by atoms with van der Waals surface area (Å²) >= 11 is 0. The van der Waals surface area contributed by atoms with Crippen molar-refractivity contribution in [3.63, 3.8) is 0 Å². The summed E-state index contributed by atoms with van der Waals surface area (Å²) in [6.45, 7) is 0. The minimum atomic E-state index is -0.250. The molecule has 19 heavy (non-hydrogen) atoms. The van der Waals surface area contributed by atoms with Crippen LogP contribution in [-0.4, -0.2) is 9.97 Å². The molecular formula is C15H14FN3. The second-order valence-corrected chi connectivity index (χ2v) is 4.56. The molecule has 0 bridgehead atoms. The fourth-order valence-corrected chi connectivity index (χ4v) is 2.14. The van der Waals surface area contributed by atoms with Crippen molar-refractivity contribution >= 4 is 11.0 Å². The Hall–Kier alpha value is -2.20. The predicted molar refractivity (Wildman–Crippen MR) is 73.1 cm³/mol. The molecule has 0 fully saturated rings. The average molecular weight is 255 g/mol. The smallest absolute Gasteiger partial charge is 0.123 e. The minimum Gasteiger partial charge on any atom is -0.342 e. The Labute approximate surface area is 110 Å². The first kappa shape index (κ1) is 11.9. The number of hydrogen-bond acceptors (Lipinski definition) is 2. The summed E-state index contributed by atoms with van der Waals surface area (Å²) in [4.78, 5) is 7.73. The number of nitrogens with one attached hydrogen (secondary N) is 1. The number of nitrogens with zero attached hydrogens (tertiary/aromatic N) is 1. The maximum absolute atomic E-state index is 12.9. The molecule has 3 N–H and O–H groups in total. The number of halogens is 1. The Balaban J connectivity index is 1.82. The van der Waals surface area contributed by atoms with Crippen molar-refractivity contribution in [1.29, 1.82) is 0 Å². The van der Waals surface area contributed by atoms with E-state index in [1.807, 2.05) is 24.3 Å². The van der Waals surface area contributed by atoms with Crippen molar-refractivity contribution in [2.75, 3.05) is 0 Å². The van der Waals surface area contributed by atoms with Crippen LogP contribution in [0.4, 0.5) is 4.39 Å². The lowest BCUT2D eigenvalue weighted by molar-refractivity contribution is 0.623. The molecule has 2 aromatic carbocycles. The molecule has 0 saturated carbocycles. The molecule has 96 valence electrons. The summed E-state index contributed by atoms with van der Waals surface area (Å²) in [5, 5.41) is 0. The van der Waals surface area contributed by atoms with Crippen molar-refractivity contribution in [2.24, 2.45) is 5.73 Å². The zero-order valence-corrected chi connectivity index (χ0v) is 10.3. The van der Waals surface area contributed by atoms with Crippen LogP contribution in [0.3, 0.4) is 0 Å². The molecule has 0 radical (unpaired) electrons. The fraction of sp³-hybridized carbons (Fsp3) is 0.133. The van der Waals surface area contributed by atoms with E-state index in [0.29, 0.717) is 6.42 Å². The third-order valence-corrected chi connectivity index (χ3v) is 3.15. The summed E-state index contributed by atoms with van der Waals surface area (Å²) in [6.07, 6.45) is 0.598. The topological polar surface area (TPSA) is 54.7 Å². The maximum atomic E-state index is 12.9. The number of H-pyrrole nitrogens is 1. The van der Waals surface area contributed by atoms with Gasteiger partial charge < -0.3 is 10.7 Å². The zero-order chi connectivity index (χ0) is 13.2. The summed E-state index contributed by atoms with van der Waals surface area (Å²) in [7, 11) is 0. The molecule has 1 unspecified atom stereocenters. The molecule has 0 amide bonds. The van der Waals surface area contributed by atoms with Gasteiger partial charge in [0.25, 0.3) is 0 Å². The molecule has 0 spiro atoms. The predicted octanol–water partition coefficient (Wildman–Crippen LogP) is 2.94. The van der Waals surface area contributed by atoms with Crippen LogP contribution in [0.25, 0.3) is 11.0 Å². The van der Waals surface area contributed by atoms with Gasteiger partial charge in [0.2, 0.25) is 0 Å². The van der Waals surface area contributed by atoms with E-state index in [2.05, 4.69) is 9.97 Å². The second-order valence-electron chi connectivity index (χ2n) is 4.56. The zero-order valence-electron chi connectivity index (χ0n) is 10.3. The molecule has 3 rings (SSSR count). The van der Waals surface area contributed by atoms with Gasteiger partial charge in [-0.05, 0) is 29.8 Å². The van der Waals surface area contributed by atoms with Crippen molar-refractivity contribution < 1.29 is 4.39 Å². The monoisotopic (exact) mass is 255 g/mol. The lowest BCUT2D eigenvalue weighted by Gasteiger charge is -2.09. The van der Waals surface area contributed by atoms with E-state index < -0.39 is 0 Å². The van der Waals surface area contributed by atoms with Gasteiger partial charge in [-0.2, -0.15) is 0 Å². The summed E-state index contributed by atoms with van der Waals surface area (Å²) in [6, 6.07) is 13.9. The van der Waals surface area contributed by atoms with Gasteiger partial charge in [0.15, 0.2) is 0 Å². The van der Waals surface area contributed by atoms with Crippen molar-refractivity contribution in [3.8, 4) is 0 Å². The fourth-order valence-electron chi connectivity index (χ4n) is 2.14. The van der Waals surface area contributed by atoms with E-state index >= 15 is 0 Å². The van der Waals surface area contributed by atoms with E-state index in [1.165, 1.54) is 12.1 Å². The molecule has 0 aliphatic carbocycles. The SMILES string of the molecule is NC(Cc1nc2ccccc2[nH]1)c1ccc(F)cc1. The van der Waals surface area contributed by atoms with Crippen molar-refractivity contribution in [2.45, 2.75) is 12.5 Å². The number of rotatable bonds is 3. The van der Waals surface area contributed by atoms with Gasteiger partial charge >= 0.3 is 0 Å². The van der Waals surface area contributed by atoms with E-state index in [0.717, 1.165) is 22.4 Å². The number of fused-ring (bicyclic) bond motifs is 1. The highest BCUT2D eigenvalue weighted by Gasteiger charge is 2.10. The Kier molecular flexibility index (Phi) is 3.01. The molecule has 1 atom stereocenters. The molecule has 0 aliphatic heterocycles. The van der Waals surface area contributed by atoms with Gasteiger partial charge in [0, 0.05) is 12.5 Å². The number of imidazole rings is 1. The van der Waals surface area contributed by atoms with Crippen LogP contribution in [0.5, 0.6) is 0 Å². The quantitative estimate of drug-likeness (QED) is 0.756. The van der Waals surface area contributed by atoms with Gasteiger partial charge in [-0.1, -0.05) is 24.3 Å². The number of aromatic nitrogens is 2. The van der Waals surface area contributed by atoms with E-state index in [4.69, 9.17) is 5.73 Å². The third-order valence-electron chi connectivity index (χ3n) is 3.15. The molecule has 0 saturated heterocycles. The van der Waals surface area contributed by atoms with Crippen LogP contribution in [0.1, 0.15) is 17.4 Å². The highest BCUT2D eigenvalue weighted by Crippen LogP contribution is 2.17. The minimum absolute atomic E-state index is 0.193. The number of benzene rings is 2. The Morgan fingerprint density at radius 3 is 2.58 bits per heavy atom. The summed E-state index contributed by atoms with van der Waals surface area (Å²) < 4.78 is 12.9. The average Bonchev–Trinajstić information content (AvgIpc) is 2.81. The third kappa shape index (κ3) is 2.48. The molecule has 3 aromatic rings. The molecule has 0 aliphatic rings. The van der Waals surface area contributed by atoms with Gasteiger partial charge in [-0.3, -0.25) is 0 Å². The number of para-hydroxylation sites is 2. The van der Waals surface area contributed by atoms with E-state index in [9.17, 15) is 4.39 Å². The van der Waals surface area contributed by atoms with Gasteiger partial charge in [-0.25, -0.2) is 9.37 Å². The standard InChI is InChI=1S/C15H14FN3/c16-11-7-5-10(6-8-11)12(17)9-15-18-13-3-1-2-4-14(13)19-15/h1-8,12H,9,17H2,(H,18,19). The Morgan fingerprint density at radius 2 is 1.84 bits per heavy atom. The van der Waals surface area contributed by atoms with Crippen LogP contribution in [0, 0.1) is 5.82 Å². The van der Waals surface area contributed by atoms with Gasteiger partial charge in [-0.15, -0.1) is 0 Å². The second kappa shape index (κ2) is 4.82. The van der Waals surface area contributed by atoms with Gasteiger partial charge in [0.1, 0.15) is 11.6 Å². The van der Waals surface area contributed by atoms with Crippen molar-refractivity contribution in [3.05, 3.63) is 65.7 Å². The highest BCUT2D eigenvalue weighted by molar-refractivity contribution is 5.74. The first-order valence-corrected chi connectivity index (χ1v) is 6.17. The molecular weight excluding hydrogens is 241 g/mol. The summed E-state index contributed by atoms with van der Waals surface area (Å²) in [5.74, 6) is 0.595. The van der Waals surface area contributed by atoms with Crippen LogP contribution in [0.15, 0.2) is 48.5 Å². The normalized spacial score (nSPS) is 12.7. The number of nitrogens with two attached hydrogens (primary N) is 1. The highest BCUT2D eigenvalue weighted by atomic mass is 19.1. The van der Waals surface area contributed by atoms with Crippen LogP contribution in [0.2, 0.25) is 0 Å². The Morgan fingerprint density at radius 1 is 1.11 bits per heavy atom. The summed E-state index contributed by atoms with van der Waals surface area (Å²) in [5.41, 5.74) is 8.96. The van der Waals surface area contributed by atoms with Crippen LogP contribution < -0.4 is 5.73 Å². The molecule has 1 aromatic heterocycles. The van der Waals surface area contributed by atoms with E-state index in [1.54, 1.807) is 12.1 Å². The first-order valence-electron chi connectivity index (χ1n) is 6.17. The lowest BCUT2D eigenvalue weighted by atomic mass is 10.0. The molecule has 3 nitrogen and oxygen atoms in total. The number of hydrogen-bond donors (Lipinski definition) is 2. The van der Waals surface area contributed by atoms with Crippen molar-refractivity contribution in [1.82, 2.24) is 9.97 Å². The maximum Gasteiger partial charge on any atom is 0.123 e. The number of aromatic amines is 1. The van der Waals surface area contributed by atoms with Crippen LogP contribution in [-0.2, 0) is 6.42 Å². The molecule has 4 heteroatoms. The molecule has 1 heterocycles.